The van der Waals surface area contributed by atoms with Crippen LogP contribution in [0.25, 0.3) is 11.5 Å². The van der Waals surface area contributed by atoms with E-state index in [0.29, 0.717) is 11.1 Å². The molecule has 0 fully saturated rings. The summed E-state index contributed by atoms with van der Waals surface area (Å²) >= 11 is 1.23. The van der Waals surface area contributed by atoms with Crippen molar-refractivity contribution in [3.8, 4) is 11.5 Å². The minimum atomic E-state index is -0.0894. The Labute approximate surface area is 150 Å². The fraction of sp³-hybridized carbons (Fsp3) is 0.211. The van der Waals surface area contributed by atoms with Gasteiger partial charge in [0.2, 0.25) is 11.8 Å². The smallest absolute Gasteiger partial charge is 0.277 e. The summed E-state index contributed by atoms with van der Waals surface area (Å²) in [7, 11) is 0. The molecule has 3 aromatic rings. The van der Waals surface area contributed by atoms with E-state index in [4.69, 9.17) is 4.42 Å². The third-order valence-corrected chi connectivity index (χ3v) is 4.58. The molecule has 2 aromatic carbocycles. The highest BCUT2D eigenvalue weighted by molar-refractivity contribution is 7.99. The van der Waals surface area contributed by atoms with E-state index in [9.17, 15) is 4.79 Å². The van der Waals surface area contributed by atoms with Crippen molar-refractivity contribution in [2.45, 2.75) is 25.5 Å². The first-order valence-corrected chi connectivity index (χ1v) is 9.06. The summed E-state index contributed by atoms with van der Waals surface area (Å²) in [5, 5.41) is 11.4. The molecule has 25 heavy (non-hydrogen) atoms. The number of thioether (sulfide) groups is 1. The summed E-state index contributed by atoms with van der Waals surface area (Å²) in [6.45, 7) is 4.06. The van der Waals surface area contributed by atoms with Crippen molar-refractivity contribution >= 4 is 23.4 Å². The zero-order chi connectivity index (χ0) is 17.6. The van der Waals surface area contributed by atoms with Gasteiger partial charge in [-0.2, -0.15) is 0 Å². The van der Waals surface area contributed by atoms with Crippen molar-refractivity contribution in [2.75, 3.05) is 11.1 Å². The Morgan fingerprint density at radius 1 is 1.12 bits per heavy atom. The largest absolute Gasteiger partial charge is 0.411 e. The number of carbonyl (C=O) groups is 1. The monoisotopic (exact) mass is 353 g/mol. The summed E-state index contributed by atoms with van der Waals surface area (Å²) in [5.41, 5.74) is 3.94. The summed E-state index contributed by atoms with van der Waals surface area (Å²) in [6, 6.07) is 15.6. The summed E-state index contributed by atoms with van der Waals surface area (Å²) in [6.07, 6.45) is 0.870. The first-order chi connectivity index (χ1) is 12.2. The average molecular weight is 353 g/mol. The molecule has 1 heterocycles. The lowest BCUT2D eigenvalue weighted by molar-refractivity contribution is -0.113. The van der Waals surface area contributed by atoms with E-state index in [2.05, 4.69) is 22.4 Å². The molecule has 0 unspecified atom stereocenters. The Morgan fingerprint density at radius 3 is 2.68 bits per heavy atom. The molecular weight excluding hydrogens is 334 g/mol. The van der Waals surface area contributed by atoms with Crippen molar-refractivity contribution in [2.24, 2.45) is 0 Å². The first kappa shape index (κ1) is 17.2. The quantitative estimate of drug-likeness (QED) is 0.668. The average Bonchev–Trinajstić information content (AvgIpc) is 3.11. The molecule has 0 saturated heterocycles. The zero-order valence-electron chi connectivity index (χ0n) is 14.2. The van der Waals surface area contributed by atoms with Gasteiger partial charge in [0.05, 0.1) is 5.75 Å². The molecule has 1 amide bonds. The highest BCUT2D eigenvalue weighted by Crippen LogP contribution is 2.24. The van der Waals surface area contributed by atoms with Gasteiger partial charge in [-0.05, 0) is 36.6 Å². The van der Waals surface area contributed by atoms with Crippen molar-refractivity contribution < 1.29 is 9.21 Å². The lowest BCUT2D eigenvalue weighted by Crippen LogP contribution is -2.16. The molecule has 5 nitrogen and oxygen atoms in total. The topological polar surface area (TPSA) is 68.0 Å². The van der Waals surface area contributed by atoms with Crippen LogP contribution in [0.15, 0.2) is 58.2 Å². The molecule has 1 aromatic heterocycles. The van der Waals surface area contributed by atoms with Crippen LogP contribution in [-0.4, -0.2) is 21.9 Å². The number of anilines is 1. The number of para-hydroxylation sites is 1. The van der Waals surface area contributed by atoms with Crippen LogP contribution in [0, 0.1) is 6.92 Å². The third kappa shape index (κ3) is 4.28. The minimum absolute atomic E-state index is 0.0894. The van der Waals surface area contributed by atoms with Gasteiger partial charge in [0.25, 0.3) is 5.22 Å². The highest BCUT2D eigenvalue weighted by Gasteiger charge is 2.13. The van der Waals surface area contributed by atoms with Crippen LogP contribution in [0.5, 0.6) is 0 Å². The lowest BCUT2D eigenvalue weighted by Gasteiger charge is -2.12. The number of nitrogens with one attached hydrogen (secondary N) is 1. The summed E-state index contributed by atoms with van der Waals surface area (Å²) < 4.78 is 5.60. The maximum atomic E-state index is 12.3. The van der Waals surface area contributed by atoms with Gasteiger partial charge >= 0.3 is 0 Å². The van der Waals surface area contributed by atoms with Crippen molar-refractivity contribution in [1.82, 2.24) is 10.2 Å². The van der Waals surface area contributed by atoms with Crippen LogP contribution < -0.4 is 5.32 Å². The molecule has 0 aliphatic rings. The Kier molecular flexibility index (Phi) is 5.50. The molecule has 128 valence electrons. The van der Waals surface area contributed by atoms with E-state index in [1.165, 1.54) is 11.8 Å². The Balaban J connectivity index is 1.61. The molecule has 6 heteroatoms. The number of aromatic nitrogens is 2. The predicted octanol–water partition coefficient (Wildman–Crippen LogP) is 4.34. The standard InChI is InChI=1S/C19H19N3O2S/c1-3-14-11-7-8-13(2)17(14)20-16(23)12-25-19-22-21-18(24-19)15-9-5-4-6-10-15/h4-11H,3,12H2,1-2H3,(H,20,23). The lowest BCUT2D eigenvalue weighted by atomic mass is 10.1. The second kappa shape index (κ2) is 7.98. The highest BCUT2D eigenvalue weighted by atomic mass is 32.2. The number of aryl methyl sites for hydroxylation is 2. The number of carbonyl (C=O) groups excluding carboxylic acids is 1. The van der Waals surface area contributed by atoms with Crippen molar-refractivity contribution in [1.29, 1.82) is 0 Å². The molecule has 0 aliphatic heterocycles. The van der Waals surface area contributed by atoms with E-state index in [-0.39, 0.29) is 11.7 Å². The molecule has 3 rings (SSSR count). The molecular formula is C19H19N3O2S. The maximum absolute atomic E-state index is 12.3. The number of rotatable bonds is 6. The van der Waals surface area contributed by atoms with Gasteiger partial charge in [0.15, 0.2) is 0 Å². The maximum Gasteiger partial charge on any atom is 0.277 e. The zero-order valence-corrected chi connectivity index (χ0v) is 15.0. The molecule has 0 radical (unpaired) electrons. The first-order valence-electron chi connectivity index (χ1n) is 8.07. The van der Waals surface area contributed by atoms with Gasteiger partial charge in [0, 0.05) is 11.3 Å². The van der Waals surface area contributed by atoms with Crippen molar-refractivity contribution in [3.63, 3.8) is 0 Å². The normalized spacial score (nSPS) is 10.6. The Morgan fingerprint density at radius 2 is 1.92 bits per heavy atom. The molecule has 0 atom stereocenters. The van der Waals surface area contributed by atoms with Gasteiger partial charge in [-0.15, -0.1) is 10.2 Å². The molecule has 0 saturated carbocycles. The molecule has 0 bridgehead atoms. The number of hydrogen-bond acceptors (Lipinski definition) is 5. The number of nitrogens with zero attached hydrogens (tertiary/aromatic N) is 2. The minimum Gasteiger partial charge on any atom is -0.411 e. The van der Waals surface area contributed by atoms with E-state index in [0.717, 1.165) is 28.8 Å². The van der Waals surface area contributed by atoms with Crippen LogP contribution in [0.4, 0.5) is 5.69 Å². The summed E-state index contributed by atoms with van der Waals surface area (Å²) in [5.74, 6) is 0.581. The molecule has 0 spiro atoms. The third-order valence-electron chi connectivity index (χ3n) is 3.76. The van der Waals surface area contributed by atoms with Gasteiger partial charge < -0.3 is 9.73 Å². The second-order valence-corrected chi connectivity index (χ2v) is 6.47. The van der Waals surface area contributed by atoms with Crippen LogP contribution in [0.1, 0.15) is 18.1 Å². The van der Waals surface area contributed by atoms with Crippen LogP contribution >= 0.6 is 11.8 Å². The van der Waals surface area contributed by atoms with E-state index in [1.807, 2.05) is 55.5 Å². The van der Waals surface area contributed by atoms with Crippen LogP contribution in [-0.2, 0) is 11.2 Å². The van der Waals surface area contributed by atoms with Gasteiger partial charge in [0.1, 0.15) is 0 Å². The number of benzene rings is 2. The second-order valence-electron chi connectivity index (χ2n) is 5.54. The summed E-state index contributed by atoms with van der Waals surface area (Å²) in [4.78, 5) is 12.3. The predicted molar refractivity (Wildman–Crippen MR) is 99.6 cm³/mol. The fourth-order valence-corrected chi connectivity index (χ4v) is 3.03. The number of amides is 1. The fourth-order valence-electron chi connectivity index (χ4n) is 2.47. The van der Waals surface area contributed by atoms with Gasteiger partial charge in [-0.1, -0.05) is 55.1 Å². The Hall–Kier alpha value is -2.60. The molecule has 1 N–H and O–H groups in total. The van der Waals surface area contributed by atoms with Crippen LogP contribution in [0.2, 0.25) is 0 Å². The van der Waals surface area contributed by atoms with Gasteiger partial charge in [-0.3, -0.25) is 4.79 Å². The van der Waals surface area contributed by atoms with Gasteiger partial charge in [-0.25, -0.2) is 0 Å². The van der Waals surface area contributed by atoms with E-state index in [1.54, 1.807) is 0 Å². The SMILES string of the molecule is CCc1cccc(C)c1NC(=O)CSc1nnc(-c2ccccc2)o1. The molecule has 0 aliphatic carbocycles. The van der Waals surface area contributed by atoms with E-state index < -0.39 is 0 Å². The number of hydrogen-bond donors (Lipinski definition) is 1. The van der Waals surface area contributed by atoms with Crippen LogP contribution in [0.3, 0.4) is 0 Å². The van der Waals surface area contributed by atoms with E-state index >= 15 is 0 Å². The Bertz CT molecular complexity index is 862. The van der Waals surface area contributed by atoms with Crippen molar-refractivity contribution in [3.05, 3.63) is 59.7 Å².